The fourth-order valence-corrected chi connectivity index (χ4v) is 1.53. The number of carbonyl (C=O) groups is 2. The highest BCUT2D eigenvalue weighted by atomic mass is 16.5. The van der Waals surface area contributed by atoms with Gasteiger partial charge in [-0.25, -0.2) is 4.79 Å². The third-order valence-electron chi connectivity index (χ3n) is 2.40. The SMILES string of the molecule is CC(C)(C)NC(=O)NCC#CCOc1ccccc1C(N)=O. The van der Waals surface area contributed by atoms with E-state index in [4.69, 9.17) is 10.5 Å². The van der Waals surface area contributed by atoms with Crippen LogP contribution >= 0.6 is 0 Å². The molecular weight excluding hydrogens is 282 g/mol. The van der Waals surface area contributed by atoms with Gasteiger partial charge in [0.15, 0.2) is 0 Å². The molecule has 0 radical (unpaired) electrons. The Morgan fingerprint density at radius 2 is 1.91 bits per heavy atom. The van der Waals surface area contributed by atoms with Crippen molar-refractivity contribution in [1.29, 1.82) is 0 Å². The summed E-state index contributed by atoms with van der Waals surface area (Å²) >= 11 is 0. The summed E-state index contributed by atoms with van der Waals surface area (Å²) in [6, 6.07) is 6.41. The summed E-state index contributed by atoms with van der Waals surface area (Å²) in [5.74, 6) is 5.35. The normalized spacial score (nSPS) is 10.1. The van der Waals surface area contributed by atoms with Gasteiger partial charge in [0.25, 0.3) is 5.91 Å². The van der Waals surface area contributed by atoms with Crippen LogP contribution in [0.15, 0.2) is 24.3 Å². The van der Waals surface area contributed by atoms with Gasteiger partial charge >= 0.3 is 6.03 Å². The van der Waals surface area contributed by atoms with Crippen LogP contribution in [0.5, 0.6) is 5.75 Å². The van der Waals surface area contributed by atoms with Gasteiger partial charge in [0, 0.05) is 5.54 Å². The van der Waals surface area contributed by atoms with Gasteiger partial charge < -0.3 is 21.1 Å². The number of nitrogens with two attached hydrogens (primary N) is 1. The van der Waals surface area contributed by atoms with Crippen molar-refractivity contribution in [3.05, 3.63) is 29.8 Å². The van der Waals surface area contributed by atoms with Gasteiger partial charge in [-0.3, -0.25) is 4.79 Å². The lowest BCUT2D eigenvalue weighted by atomic mass is 10.1. The lowest BCUT2D eigenvalue weighted by Crippen LogP contribution is -2.46. The van der Waals surface area contributed by atoms with E-state index in [-0.39, 0.29) is 24.7 Å². The zero-order valence-electron chi connectivity index (χ0n) is 13.0. The monoisotopic (exact) mass is 303 g/mol. The van der Waals surface area contributed by atoms with Crippen LogP contribution in [0.3, 0.4) is 0 Å². The second kappa shape index (κ2) is 7.93. The van der Waals surface area contributed by atoms with Gasteiger partial charge in [0.05, 0.1) is 12.1 Å². The fraction of sp³-hybridized carbons (Fsp3) is 0.375. The molecule has 0 aromatic heterocycles. The first-order valence-corrected chi connectivity index (χ1v) is 6.83. The van der Waals surface area contributed by atoms with E-state index >= 15 is 0 Å². The van der Waals surface area contributed by atoms with Crippen LogP contribution in [0, 0.1) is 11.8 Å². The molecule has 0 saturated heterocycles. The number of hydrogen-bond donors (Lipinski definition) is 3. The van der Waals surface area contributed by atoms with Crippen molar-refractivity contribution < 1.29 is 14.3 Å². The maximum absolute atomic E-state index is 11.5. The molecule has 0 aliphatic carbocycles. The molecule has 6 nitrogen and oxygen atoms in total. The summed E-state index contributed by atoms with van der Waals surface area (Å²) in [6.07, 6.45) is 0. The molecule has 6 heteroatoms. The third-order valence-corrected chi connectivity index (χ3v) is 2.40. The predicted octanol–water partition coefficient (Wildman–Crippen LogP) is 1.27. The molecule has 0 bridgehead atoms. The highest BCUT2D eigenvalue weighted by Crippen LogP contribution is 2.16. The van der Waals surface area contributed by atoms with Crippen LogP contribution in [0.2, 0.25) is 0 Å². The molecule has 1 aromatic carbocycles. The summed E-state index contributed by atoms with van der Waals surface area (Å²) in [7, 11) is 0. The van der Waals surface area contributed by atoms with Crippen LogP contribution in [-0.4, -0.2) is 30.6 Å². The first-order chi connectivity index (χ1) is 10.3. The van der Waals surface area contributed by atoms with Crippen molar-refractivity contribution in [3.63, 3.8) is 0 Å². The maximum atomic E-state index is 11.5. The fourth-order valence-electron chi connectivity index (χ4n) is 1.53. The number of carbonyl (C=O) groups excluding carboxylic acids is 2. The average molecular weight is 303 g/mol. The number of urea groups is 1. The van der Waals surface area contributed by atoms with Crippen LogP contribution in [0.1, 0.15) is 31.1 Å². The van der Waals surface area contributed by atoms with E-state index in [0.29, 0.717) is 11.3 Å². The molecular formula is C16H21N3O3. The summed E-state index contributed by atoms with van der Waals surface area (Å²) in [4.78, 5) is 22.7. The van der Waals surface area contributed by atoms with Crippen LogP contribution < -0.4 is 21.1 Å². The summed E-state index contributed by atoms with van der Waals surface area (Å²) in [5, 5.41) is 5.37. The smallest absolute Gasteiger partial charge is 0.315 e. The predicted molar refractivity (Wildman–Crippen MR) is 84.5 cm³/mol. The van der Waals surface area contributed by atoms with E-state index in [1.165, 1.54) is 0 Å². The van der Waals surface area contributed by atoms with Crippen molar-refractivity contribution in [2.45, 2.75) is 26.3 Å². The average Bonchev–Trinajstić information content (AvgIpc) is 2.41. The highest BCUT2D eigenvalue weighted by Gasteiger charge is 2.12. The van der Waals surface area contributed by atoms with Crippen molar-refractivity contribution in [1.82, 2.24) is 10.6 Å². The summed E-state index contributed by atoms with van der Waals surface area (Å²) in [5.41, 5.74) is 5.26. The van der Waals surface area contributed by atoms with Crippen molar-refractivity contribution in [2.24, 2.45) is 5.73 Å². The Labute approximate surface area is 130 Å². The molecule has 1 rings (SSSR count). The molecule has 3 amide bonds. The van der Waals surface area contributed by atoms with E-state index < -0.39 is 5.91 Å². The molecule has 0 aliphatic rings. The van der Waals surface area contributed by atoms with Crippen molar-refractivity contribution in [2.75, 3.05) is 13.2 Å². The zero-order chi connectivity index (χ0) is 16.6. The number of amides is 3. The van der Waals surface area contributed by atoms with Crippen LogP contribution in [-0.2, 0) is 0 Å². The Bertz CT molecular complexity index is 595. The van der Waals surface area contributed by atoms with Gasteiger partial charge in [-0.15, -0.1) is 0 Å². The molecule has 0 atom stereocenters. The van der Waals surface area contributed by atoms with Gasteiger partial charge in [0.2, 0.25) is 0 Å². The Kier molecular flexibility index (Phi) is 6.26. The molecule has 1 aromatic rings. The number of primary amides is 1. The van der Waals surface area contributed by atoms with E-state index in [2.05, 4.69) is 22.5 Å². The van der Waals surface area contributed by atoms with E-state index in [1.807, 2.05) is 20.8 Å². The quantitative estimate of drug-likeness (QED) is 0.731. The van der Waals surface area contributed by atoms with E-state index in [1.54, 1.807) is 24.3 Å². The lowest BCUT2D eigenvalue weighted by molar-refractivity contribution is 0.0997. The van der Waals surface area contributed by atoms with Gasteiger partial charge in [-0.1, -0.05) is 24.0 Å². The summed E-state index contributed by atoms with van der Waals surface area (Å²) in [6.45, 7) is 5.99. The molecule has 0 heterocycles. The lowest BCUT2D eigenvalue weighted by Gasteiger charge is -2.20. The molecule has 22 heavy (non-hydrogen) atoms. The first-order valence-electron chi connectivity index (χ1n) is 6.83. The van der Waals surface area contributed by atoms with Gasteiger partial charge in [0.1, 0.15) is 12.4 Å². The Balaban J connectivity index is 2.37. The van der Waals surface area contributed by atoms with Crippen molar-refractivity contribution >= 4 is 11.9 Å². The van der Waals surface area contributed by atoms with Gasteiger partial charge in [-0.2, -0.15) is 0 Å². The minimum atomic E-state index is -0.552. The zero-order valence-corrected chi connectivity index (χ0v) is 13.0. The maximum Gasteiger partial charge on any atom is 0.315 e. The molecule has 4 N–H and O–H groups in total. The number of ether oxygens (including phenoxy) is 1. The molecule has 0 saturated carbocycles. The number of hydrogen-bond acceptors (Lipinski definition) is 3. The second-order valence-corrected chi connectivity index (χ2v) is 5.56. The van der Waals surface area contributed by atoms with Crippen molar-refractivity contribution in [3.8, 4) is 17.6 Å². The molecule has 0 spiro atoms. The number of nitrogens with one attached hydrogen (secondary N) is 2. The molecule has 0 aliphatic heterocycles. The molecule has 118 valence electrons. The second-order valence-electron chi connectivity index (χ2n) is 5.56. The number of rotatable bonds is 4. The Hall–Kier alpha value is -2.68. The van der Waals surface area contributed by atoms with E-state index in [0.717, 1.165) is 0 Å². The number of para-hydroxylation sites is 1. The number of benzene rings is 1. The highest BCUT2D eigenvalue weighted by molar-refractivity contribution is 5.95. The van der Waals surface area contributed by atoms with Crippen LogP contribution in [0.25, 0.3) is 0 Å². The topological polar surface area (TPSA) is 93.4 Å². The molecule has 0 unspecified atom stereocenters. The van der Waals surface area contributed by atoms with Gasteiger partial charge in [-0.05, 0) is 32.9 Å². The standard InChI is InChI=1S/C16H21N3O3/c1-16(2,3)19-15(21)18-10-6-7-11-22-13-9-5-4-8-12(13)14(17)20/h4-5,8-9H,10-11H2,1-3H3,(H2,17,20)(H2,18,19,21). The molecule has 0 fully saturated rings. The minimum Gasteiger partial charge on any atom is -0.480 e. The minimum absolute atomic E-state index is 0.104. The Morgan fingerprint density at radius 3 is 2.55 bits per heavy atom. The summed E-state index contributed by atoms with van der Waals surface area (Å²) < 4.78 is 5.38. The Morgan fingerprint density at radius 1 is 1.23 bits per heavy atom. The third kappa shape index (κ3) is 6.66. The largest absolute Gasteiger partial charge is 0.480 e. The first kappa shape index (κ1) is 17.4. The van der Waals surface area contributed by atoms with E-state index in [9.17, 15) is 9.59 Å². The van der Waals surface area contributed by atoms with Crippen LogP contribution in [0.4, 0.5) is 4.79 Å².